The van der Waals surface area contributed by atoms with Crippen LogP contribution in [-0.2, 0) is 6.54 Å². The Kier molecular flexibility index (Phi) is 2.49. The molecule has 0 unspecified atom stereocenters. The maximum atomic E-state index is 12.4. The van der Waals surface area contributed by atoms with Crippen molar-refractivity contribution < 1.29 is 12.9 Å². The summed E-state index contributed by atoms with van der Waals surface area (Å²) in [5.41, 5.74) is -0.0578. The average molecular weight is 225 g/mol. The predicted molar refractivity (Wildman–Crippen MR) is 58.0 cm³/mol. The number of para-hydroxylation sites is 1. The first-order valence-electron chi connectivity index (χ1n) is 4.76. The predicted octanol–water partition coefficient (Wildman–Crippen LogP) is 2.98. The van der Waals surface area contributed by atoms with Crippen LogP contribution in [-0.4, -0.2) is 16.8 Å². The first-order chi connectivity index (χ1) is 7.48. The van der Waals surface area contributed by atoms with Gasteiger partial charge in [-0.3, -0.25) is 4.68 Å². The van der Waals surface area contributed by atoms with Crippen molar-refractivity contribution in [2.75, 3.05) is 0 Å². The number of aromatic nitrogens is 2. The fraction of sp³-hybridized carbons (Fsp3) is 0.100. The van der Waals surface area contributed by atoms with Crippen molar-refractivity contribution >= 4 is 17.9 Å². The summed E-state index contributed by atoms with van der Waals surface area (Å²) in [4.78, 5) is 0. The Balaban J connectivity index is 2.32. The molecule has 0 radical (unpaired) electrons. The van der Waals surface area contributed by atoms with Crippen molar-refractivity contribution in [2.24, 2.45) is 0 Å². The lowest BCUT2D eigenvalue weighted by atomic mass is 9.80. The fourth-order valence-corrected chi connectivity index (χ4v) is 1.45. The Morgan fingerprint density at radius 3 is 2.69 bits per heavy atom. The molecule has 0 fully saturated rings. The van der Waals surface area contributed by atoms with Gasteiger partial charge in [0.25, 0.3) is 0 Å². The highest BCUT2D eigenvalue weighted by Crippen LogP contribution is 2.21. The molecule has 0 spiro atoms. The third-order valence-electron chi connectivity index (χ3n) is 2.37. The third kappa shape index (κ3) is 1.96. The first-order valence-corrected chi connectivity index (χ1v) is 4.76. The van der Waals surface area contributed by atoms with Crippen LogP contribution in [0.5, 0.6) is 0 Å². The largest absolute Gasteiger partial charge is 0.506 e. The van der Waals surface area contributed by atoms with Crippen LogP contribution < -0.4 is 0 Å². The van der Waals surface area contributed by atoms with Gasteiger partial charge >= 0.3 is 6.98 Å². The van der Waals surface area contributed by atoms with Crippen LogP contribution in [0.1, 0.15) is 0 Å². The van der Waals surface area contributed by atoms with E-state index in [1.54, 1.807) is 24.4 Å². The number of benzene rings is 1. The molecule has 16 heavy (non-hydrogen) atoms. The van der Waals surface area contributed by atoms with Gasteiger partial charge in [0.1, 0.15) is 0 Å². The summed E-state index contributed by atoms with van der Waals surface area (Å²) in [6.45, 7) is -2.25. The Morgan fingerprint density at radius 2 is 2.00 bits per heavy atom. The number of hydrogen-bond donors (Lipinski definition) is 0. The SMILES string of the molecule is C=C(Cn1ncc2ccccc21)[B-](F)(F)F. The second kappa shape index (κ2) is 3.70. The van der Waals surface area contributed by atoms with Gasteiger partial charge in [-0.15, -0.1) is 12.1 Å². The summed E-state index contributed by atoms with van der Waals surface area (Å²) in [5, 5.41) is 4.74. The quantitative estimate of drug-likeness (QED) is 0.734. The van der Waals surface area contributed by atoms with Gasteiger partial charge in [0, 0.05) is 11.9 Å². The van der Waals surface area contributed by atoms with Crippen molar-refractivity contribution in [1.82, 2.24) is 9.78 Å². The van der Waals surface area contributed by atoms with Gasteiger partial charge in [0.05, 0.1) is 11.7 Å². The van der Waals surface area contributed by atoms with Gasteiger partial charge in [-0.2, -0.15) is 5.10 Å². The van der Waals surface area contributed by atoms with E-state index in [0.29, 0.717) is 5.52 Å². The zero-order valence-corrected chi connectivity index (χ0v) is 8.41. The highest BCUT2D eigenvalue weighted by Gasteiger charge is 2.27. The number of nitrogens with zero attached hydrogens (tertiary/aromatic N) is 2. The van der Waals surface area contributed by atoms with E-state index in [-0.39, 0.29) is 6.54 Å². The molecule has 0 aliphatic rings. The van der Waals surface area contributed by atoms with Crippen LogP contribution in [0.3, 0.4) is 0 Å². The minimum Gasteiger partial charge on any atom is -0.445 e. The van der Waals surface area contributed by atoms with Crippen LogP contribution in [0.25, 0.3) is 10.9 Å². The lowest BCUT2D eigenvalue weighted by Crippen LogP contribution is -2.22. The van der Waals surface area contributed by atoms with Gasteiger partial charge < -0.3 is 12.9 Å². The molecule has 2 nitrogen and oxygen atoms in total. The lowest BCUT2D eigenvalue weighted by molar-refractivity contribution is 0.480. The second-order valence-electron chi connectivity index (χ2n) is 3.59. The zero-order chi connectivity index (χ0) is 11.8. The van der Waals surface area contributed by atoms with Crippen molar-refractivity contribution in [1.29, 1.82) is 0 Å². The molecule has 6 heteroatoms. The molecule has 0 atom stereocenters. The smallest absolute Gasteiger partial charge is 0.445 e. The van der Waals surface area contributed by atoms with Crippen LogP contribution in [0, 0.1) is 0 Å². The standard InChI is InChI=1S/C10H9BF3N2/c1-8(11(12,13)14)7-16-10-5-3-2-4-9(10)6-15-16/h2-6H,1,7H2/q-1. The highest BCUT2D eigenvalue weighted by atomic mass is 19.4. The maximum Gasteiger partial charge on any atom is 0.506 e. The van der Waals surface area contributed by atoms with Crippen LogP contribution in [0.15, 0.2) is 42.5 Å². The molecule has 0 aliphatic heterocycles. The van der Waals surface area contributed by atoms with Gasteiger partial charge in [-0.1, -0.05) is 18.2 Å². The normalized spacial score (nSPS) is 11.9. The van der Waals surface area contributed by atoms with E-state index < -0.39 is 12.4 Å². The summed E-state index contributed by atoms with van der Waals surface area (Å²) < 4.78 is 38.4. The van der Waals surface area contributed by atoms with Crippen LogP contribution >= 0.6 is 0 Å². The number of allylic oxidation sites excluding steroid dienone is 1. The second-order valence-corrected chi connectivity index (χ2v) is 3.59. The van der Waals surface area contributed by atoms with Crippen molar-refractivity contribution in [3.8, 4) is 0 Å². The molecule has 0 amide bonds. The molecular formula is C10H9BF3N2-. The van der Waals surface area contributed by atoms with E-state index in [1.165, 1.54) is 4.68 Å². The molecule has 0 aliphatic carbocycles. The number of rotatable bonds is 3. The first kappa shape index (κ1) is 10.8. The average Bonchev–Trinajstić information content (AvgIpc) is 2.61. The Morgan fingerprint density at radius 1 is 1.31 bits per heavy atom. The molecule has 0 saturated heterocycles. The van der Waals surface area contributed by atoms with E-state index in [2.05, 4.69) is 11.7 Å². The van der Waals surface area contributed by atoms with Gasteiger partial charge in [-0.25, -0.2) is 0 Å². The summed E-state index contributed by atoms with van der Waals surface area (Å²) in [5.74, 6) is 0. The molecule has 1 aromatic carbocycles. The van der Waals surface area contributed by atoms with E-state index in [1.807, 2.05) is 6.07 Å². The van der Waals surface area contributed by atoms with E-state index >= 15 is 0 Å². The highest BCUT2D eigenvalue weighted by molar-refractivity contribution is 6.66. The third-order valence-corrected chi connectivity index (χ3v) is 2.37. The molecule has 1 heterocycles. The Labute approximate surface area is 90.4 Å². The minimum absolute atomic E-state index is 0.309. The summed E-state index contributed by atoms with van der Waals surface area (Å²) >= 11 is 0. The van der Waals surface area contributed by atoms with Gasteiger partial charge in [0.15, 0.2) is 0 Å². The number of hydrogen-bond acceptors (Lipinski definition) is 1. The van der Waals surface area contributed by atoms with Gasteiger partial charge in [0.2, 0.25) is 0 Å². The Hall–Kier alpha value is -1.72. The van der Waals surface area contributed by atoms with Crippen molar-refractivity contribution in [3.05, 3.63) is 42.5 Å². The van der Waals surface area contributed by atoms with E-state index in [4.69, 9.17) is 0 Å². The van der Waals surface area contributed by atoms with Crippen LogP contribution in [0.2, 0.25) is 0 Å². The van der Waals surface area contributed by atoms with Crippen molar-refractivity contribution in [2.45, 2.75) is 6.54 Å². The molecule has 0 N–H and O–H groups in total. The lowest BCUT2D eigenvalue weighted by Gasteiger charge is -2.17. The van der Waals surface area contributed by atoms with Crippen molar-refractivity contribution in [3.63, 3.8) is 0 Å². The topological polar surface area (TPSA) is 17.8 Å². The molecule has 2 rings (SSSR count). The van der Waals surface area contributed by atoms with E-state index in [9.17, 15) is 12.9 Å². The zero-order valence-electron chi connectivity index (χ0n) is 8.41. The molecule has 2 aromatic rings. The van der Waals surface area contributed by atoms with Crippen LogP contribution in [0.4, 0.5) is 12.9 Å². The maximum absolute atomic E-state index is 12.4. The Bertz CT molecular complexity index is 530. The van der Waals surface area contributed by atoms with Gasteiger partial charge in [-0.05, 0) is 6.07 Å². The fourth-order valence-electron chi connectivity index (χ4n) is 1.45. The number of fused-ring (bicyclic) bond motifs is 1. The summed E-state index contributed by atoms with van der Waals surface area (Å²) in [7, 11) is 0. The monoisotopic (exact) mass is 225 g/mol. The van der Waals surface area contributed by atoms with E-state index in [0.717, 1.165) is 5.39 Å². The molecule has 0 saturated carbocycles. The molecule has 1 aromatic heterocycles. The minimum atomic E-state index is -4.99. The summed E-state index contributed by atoms with van der Waals surface area (Å²) in [6, 6.07) is 7.12. The number of halogens is 3. The molecular weight excluding hydrogens is 216 g/mol. The molecule has 84 valence electrons. The molecule has 0 bridgehead atoms. The summed E-state index contributed by atoms with van der Waals surface area (Å²) in [6.07, 6.45) is 1.55.